The minimum absolute atomic E-state index is 0.258. The fourth-order valence-electron chi connectivity index (χ4n) is 1.58. The predicted octanol–water partition coefficient (Wildman–Crippen LogP) is 0.0969. The molecule has 15 heavy (non-hydrogen) atoms. The maximum atomic E-state index is 11.0. The first-order valence-electron chi connectivity index (χ1n) is 5.35. The summed E-state index contributed by atoms with van der Waals surface area (Å²) in [6.07, 6.45) is 3.72. The third-order valence-electron chi connectivity index (χ3n) is 2.13. The number of nitrogens with one attached hydrogen (secondary N) is 1. The second-order valence-corrected chi connectivity index (χ2v) is 5.37. The SMILES string of the molecule is COCC(CCCN)NC(C)CS(C)=O. The van der Waals surface area contributed by atoms with Crippen LogP contribution in [0.15, 0.2) is 0 Å². The van der Waals surface area contributed by atoms with Crippen LogP contribution in [0.5, 0.6) is 0 Å². The van der Waals surface area contributed by atoms with E-state index in [2.05, 4.69) is 5.32 Å². The van der Waals surface area contributed by atoms with Crippen LogP contribution < -0.4 is 11.1 Å². The van der Waals surface area contributed by atoms with Crippen molar-refractivity contribution in [3.8, 4) is 0 Å². The number of nitrogens with two attached hydrogens (primary N) is 1. The van der Waals surface area contributed by atoms with Crippen LogP contribution >= 0.6 is 0 Å². The number of rotatable bonds is 9. The van der Waals surface area contributed by atoms with E-state index in [1.807, 2.05) is 6.92 Å². The molecule has 0 saturated carbocycles. The Labute approximate surface area is 95.4 Å². The van der Waals surface area contributed by atoms with Gasteiger partial charge in [-0.25, -0.2) is 0 Å². The van der Waals surface area contributed by atoms with E-state index in [0.29, 0.717) is 24.9 Å². The first kappa shape index (κ1) is 15.0. The second kappa shape index (κ2) is 9.27. The average molecular weight is 236 g/mol. The van der Waals surface area contributed by atoms with E-state index in [0.717, 1.165) is 12.8 Å². The lowest BCUT2D eigenvalue weighted by Crippen LogP contribution is -2.42. The van der Waals surface area contributed by atoms with Crippen LogP contribution in [0.2, 0.25) is 0 Å². The van der Waals surface area contributed by atoms with Crippen LogP contribution in [0.25, 0.3) is 0 Å². The van der Waals surface area contributed by atoms with E-state index in [1.54, 1.807) is 13.4 Å². The standard InChI is InChI=1S/C10H24N2O2S/c1-9(8-15(3)13)12-10(7-14-2)5-4-6-11/h9-10,12H,4-8,11H2,1-3H3. The summed E-state index contributed by atoms with van der Waals surface area (Å²) >= 11 is 0. The highest BCUT2D eigenvalue weighted by Gasteiger charge is 2.12. The van der Waals surface area contributed by atoms with Crippen molar-refractivity contribution in [1.29, 1.82) is 0 Å². The van der Waals surface area contributed by atoms with Crippen LogP contribution in [0, 0.1) is 0 Å². The molecule has 0 aromatic rings. The lowest BCUT2D eigenvalue weighted by atomic mass is 10.1. The van der Waals surface area contributed by atoms with Crippen molar-refractivity contribution in [1.82, 2.24) is 5.32 Å². The quantitative estimate of drug-likeness (QED) is 0.596. The Bertz CT molecular complexity index is 179. The summed E-state index contributed by atoms with van der Waals surface area (Å²) in [5, 5.41) is 3.41. The zero-order chi connectivity index (χ0) is 11.7. The monoisotopic (exact) mass is 236 g/mol. The third-order valence-corrected chi connectivity index (χ3v) is 3.10. The Balaban J connectivity index is 3.85. The molecule has 0 radical (unpaired) electrons. The Hall–Kier alpha value is 0.0300. The lowest BCUT2D eigenvalue weighted by molar-refractivity contribution is 0.158. The molecular weight excluding hydrogens is 212 g/mol. The molecule has 0 heterocycles. The summed E-state index contributed by atoms with van der Waals surface area (Å²) in [4.78, 5) is 0. The zero-order valence-corrected chi connectivity index (χ0v) is 10.8. The molecule has 0 aliphatic rings. The van der Waals surface area contributed by atoms with Crippen molar-refractivity contribution in [2.24, 2.45) is 5.73 Å². The van der Waals surface area contributed by atoms with Crippen molar-refractivity contribution >= 4 is 10.8 Å². The topological polar surface area (TPSA) is 64.3 Å². The van der Waals surface area contributed by atoms with Crippen LogP contribution in [0.4, 0.5) is 0 Å². The summed E-state index contributed by atoms with van der Waals surface area (Å²) in [5.41, 5.74) is 5.47. The van der Waals surface area contributed by atoms with Gasteiger partial charge >= 0.3 is 0 Å². The molecule has 5 heteroatoms. The van der Waals surface area contributed by atoms with Crippen LogP contribution in [-0.2, 0) is 15.5 Å². The van der Waals surface area contributed by atoms with Crippen LogP contribution in [0.1, 0.15) is 19.8 Å². The first-order valence-corrected chi connectivity index (χ1v) is 7.08. The summed E-state index contributed by atoms with van der Waals surface area (Å²) in [5.74, 6) is 0.683. The maximum absolute atomic E-state index is 11.0. The first-order chi connectivity index (χ1) is 7.10. The molecule has 0 bridgehead atoms. The number of hydrogen-bond acceptors (Lipinski definition) is 4. The fourth-order valence-corrected chi connectivity index (χ4v) is 2.38. The molecule has 4 nitrogen and oxygen atoms in total. The summed E-state index contributed by atoms with van der Waals surface area (Å²) < 4.78 is 16.2. The molecule has 3 N–H and O–H groups in total. The molecule has 3 atom stereocenters. The fraction of sp³-hybridized carbons (Fsp3) is 1.00. The highest BCUT2D eigenvalue weighted by Crippen LogP contribution is 1.99. The van der Waals surface area contributed by atoms with Gasteiger partial charge in [-0.1, -0.05) is 0 Å². The Kier molecular flexibility index (Phi) is 9.29. The van der Waals surface area contributed by atoms with E-state index in [1.165, 1.54) is 0 Å². The molecule has 0 rings (SSSR count). The Morgan fingerprint density at radius 3 is 2.67 bits per heavy atom. The second-order valence-electron chi connectivity index (χ2n) is 3.89. The highest BCUT2D eigenvalue weighted by atomic mass is 32.2. The van der Waals surface area contributed by atoms with Crippen LogP contribution in [0.3, 0.4) is 0 Å². The van der Waals surface area contributed by atoms with E-state index in [-0.39, 0.29) is 6.04 Å². The molecule has 0 fully saturated rings. The molecule has 0 saturated heterocycles. The Morgan fingerprint density at radius 2 is 2.20 bits per heavy atom. The number of hydrogen-bond donors (Lipinski definition) is 2. The van der Waals surface area contributed by atoms with Crippen LogP contribution in [-0.4, -0.2) is 48.6 Å². The van der Waals surface area contributed by atoms with Crippen molar-refractivity contribution < 1.29 is 8.95 Å². The molecule has 92 valence electrons. The molecule has 0 spiro atoms. The summed E-state index contributed by atoms with van der Waals surface area (Å²) in [7, 11) is 0.944. The van der Waals surface area contributed by atoms with Gasteiger partial charge in [-0.2, -0.15) is 0 Å². The normalized spacial score (nSPS) is 17.3. The van der Waals surface area contributed by atoms with E-state index in [9.17, 15) is 4.21 Å². The maximum Gasteiger partial charge on any atom is 0.0615 e. The van der Waals surface area contributed by atoms with E-state index in [4.69, 9.17) is 10.5 Å². The van der Waals surface area contributed by atoms with Crippen molar-refractivity contribution in [2.45, 2.75) is 31.8 Å². The molecule has 0 aromatic heterocycles. The average Bonchev–Trinajstić information content (AvgIpc) is 2.13. The molecule has 0 aliphatic heterocycles. The molecule has 0 amide bonds. The van der Waals surface area contributed by atoms with Gasteiger partial charge in [-0.3, -0.25) is 4.21 Å². The smallest absolute Gasteiger partial charge is 0.0615 e. The van der Waals surface area contributed by atoms with Crippen molar-refractivity contribution in [2.75, 3.05) is 32.3 Å². The molecule has 0 aliphatic carbocycles. The highest BCUT2D eigenvalue weighted by molar-refractivity contribution is 7.84. The largest absolute Gasteiger partial charge is 0.383 e. The van der Waals surface area contributed by atoms with Gasteiger partial charge in [-0.15, -0.1) is 0 Å². The van der Waals surface area contributed by atoms with Gasteiger partial charge in [0.1, 0.15) is 0 Å². The zero-order valence-electron chi connectivity index (χ0n) is 9.99. The third kappa shape index (κ3) is 8.99. The lowest BCUT2D eigenvalue weighted by Gasteiger charge is -2.22. The van der Waals surface area contributed by atoms with Crippen molar-refractivity contribution in [3.63, 3.8) is 0 Å². The van der Waals surface area contributed by atoms with Gasteiger partial charge in [-0.05, 0) is 26.3 Å². The van der Waals surface area contributed by atoms with Gasteiger partial charge in [0.15, 0.2) is 0 Å². The minimum Gasteiger partial charge on any atom is -0.383 e. The predicted molar refractivity (Wildman–Crippen MR) is 65.5 cm³/mol. The Morgan fingerprint density at radius 1 is 1.53 bits per heavy atom. The molecule has 0 aromatic carbocycles. The summed E-state index contributed by atoms with van der Waals surface area (Å²) in [6.45, 7) is 3.43. The van der Waals surface area contributed by atoms with E-state index >= 15 is 0 Å². The van der Waals surface area contributed by atoms with Gasteiger partial charge in [0.2, 0.25) is 0 Å². The van der Waals surface area contributed by atoms with Gasteiger partial charge < -0.3 is 15.8 Å². The number of methoxy groups -OCH3 is 1. The minimum atomic E-state index is -0.750. The molecule has 3 unspecified atom stereocenters. The van der Waals surface area contributed by atoms with E-state index < -0.39 is 10.8 Å². The van der Waals surface area contributed by atoms with Gasteiger partial charge in [0.05, 0.1) is 6.61 Å². The van der Waals surface area contributed by atoms with Crippen molar-refractivity contribution in [3.05, 3.63) is 0 Å². The van der Waals surface area contributed by atoms with Gasteiger partial charge in [0.25, 0.3) is 0 Å². The summed E-state index contributed by atoms with van der Waals surface area (Å²) in [6, 6.07) is 0.575. The van der Waals surface area contributed by atoms with Gasteiger partial charge in [0, 0.05) is 42.0 Å². The number of ether oxygens (including phenoxy) is 1. The molecular formula is C10H24N2O2S.